The quantitative estimate of drug-likeness (QED) is 0.819. The smallest absolute Gasteiger partial charge is 0.304 e. The zero-order valence-corrected chi connectivity index (χ0v) is 11.6. The Hall–Kier alpha value is -1.35. The molecule has 0 amide bonds. The topological polar surface area (TPSA) is 63.3 Å². The number of fused-ring (bicyclic) bond motifs is 1. The number of nitrogens with two attached hydrogens (primary N) is 1. The fourth-order valence-electron chi connectivity index (χ4n) is 3.48. The summed E-state index contributed by atoms with van der Waals surface area (Å²) in [6.45, 7) is 2.04. The lowest BCUT2D eigenvalue weighted by molar-refractivity contribution is -0.138. The molecule has 1 aromatic rings. The van der Waals surface area contributed by atoms with Crippen molar-refractivity contribution in [1.29, 1.82) is 0 Å². The summed E-state index contributed by atoms with van der Waals surface area (Å²) in [6, 6.07) is 8.15. The predicted octanol–water partition coefficient (Wildman–Crippen LogP) is 2.86. The summed E-state index contributed by atoms with van der Waals surface area (Å²) in [5.74, 6) is -0.749. The monoisotopic (exact) mass is 261 g/mol. The van der Waals surface area contributed by atoms with E-state index in [0.29, 0.717) is 0 Å². The van der Waals surface area contributed by atoms with Crippen LogP contribution in [0.1, 0.15) is 50.2 Å². The molecular formula is C16H23NO2. The fraction of sp³-hybridized carbons (Fsp3) is 0.562. The van der Waals surface area contributed by atoms with Gasteiger partial charge in [-0.05, 0) is 36.8 Å². The second-order valence-corrected chi connectivity index (χ2v) is 5.61. The summed E-state index contributed by atoms with van der Waals surface area (Å²) >= 11 is 0. The molecule has 0 spiro atoms. The summed E-state index contributed by atoms with van der Waals surface area (Å²) in [5.41, 5.74) is 8.41. The molecule has 2 unspecified atom stereocenters. The first-order valence-electron chi connectivity index (χ1n) is 7.16. The SMILES string of the molecule is CCC(N)C1(CC(=O)O)CCCCc2ccccc21. The van der Waals surface area contributed by atoms with Crippen molar-refractivity contribution in [2.45, 2.75) is 56.9 Å². The zero-order chi connectivity index (χ0) is 13.9. The van der Waals surface area contributed by atoms with E-state index in [0.717, 1.165) is 32.1 Å². The third-order valence-corrected chi connectivity index (χ3v) is 4.49. The van der Waals surface area contributed by atoms with Crippen molar-refractivity contribution in [3.05, 3.63) is 35.4 Å². The van der Waals surface area contributed by atoms with Crippen molar-refractivity contribution < 1.29 is 9.90 Å². The minimum absolute atomic E-state index is 0.0946. The largest absolute Gasteiger partial charge is 0.481 e. The van der Waals surface area contributed by atoms with Gasteiger partial charge in [0.2, 0.25) is 0 Å². The van der Waals surface area contributed by atoms with Crippen molar-refractivity contribution in [2.75, 3.05) is 0 Å². The highest BCUT2D eigenvalue weighted by molar-refractivity contribution is 5.69. The van der Waals surface area contributed by atoms with Gasteiger partial charge in [-0.25, -0.2) is 0 Å². The van der Waals surface area contributed by atoms with E-state index >= 15 is 0 Å². The molecule has 3 nitrogen and oxygen atoms in total. The maximum absolute atomic E-state index is 11.4. The average Bonchev–Trinajstić information content (AvgIpc) is 2.58. The maximum atomic E-state index is 11.4. The molecule has 104 valence electrons. The van der Waals surface area contributed by atoms with Crippen LogP contribution in [0.4, 0.5) is 0 Å². The number of aliphatic carboxylic acids is 1. The third-order valence-electron chi connectivity index (χ3n) is 4.49. The van der Waals surface area contributed by atoms with Gasteiger partial charge in [-0.2, -0.15) is 0 Å². The molecular weight excluding hydrogens is 238 g/mol. The Kier molecular flexibility index (Phi) is 4.25. The molecule has 0 aliphatic heterocycles. The Morgan fingerprint density at radius 1 is 1.42 bits per heavy atom. The first-order valence-corrected chi connectivity index (χ1v) is 7.16. The van der Waals surface area contributed by atoms with E-state index in [1.165, 1.54) is 11.1 Å². The fourth-order valence-corrected chi connectivity index (χ4v) is 3.48. The Balaban J connectivity index is 2.54. The Morgan fingerprint density at radius 3 is 2.84 bits per heavy atom. The van der Waals surface area contributed by atoms with Crippen molar-refractivity contribution in [1.82, 2.24) is 0 Å². The molecule has 3 heteroatoms. The van der Waals surface area contributed by atoms with Gasteiger partial charge in [-0.3, -0.25) is 4.79 Å². The highest BCUT2D eigenvalue weighted by atomic mass is 16.4. The van der Waals surface area contributed by atoms with Gasteiger partial charge >= 0.3 is 5.97 Å². The lowest BCUT2D eigenvalue weighted by Crippen LogP contribution is -2.46. The first-order chi connectivity index (χ1) is 9.10. The van der Waals surface area contributed by atoms with E-state index < -0.39 is 11.4 Å². The van der Waals surface area contributed by atoms with E-state index in [4.69, 9.17) is 5.73 Å². The van der Waals surface area contributed by atoms with Gasteiger partial charge in [0.15, 0.2) is 0 Å². The van der Waals surface area contributed by atoms with Crippen molar-refractivity contribution >= 4 is 5.97 Å². The lowest BCUT2D eigenvalue weighted by atomic mass is 9.67. The van der Waals surface area contributed by atoms with Crippen molar-refractivity contribution in [2.24, 2.45) is 5.73 Å². The number of carbonyl (C=O) groups is 1. The van der Waals surface area contributed by atoms with Gasteiger partial charge in [0.1, 0.15) is 0 Å². The van der Waals surface area contributed by atoms with Crippen LogP contribution < -0.4 is 5.73 Å². The molecule has 0 heterocycles. The minimum Gasteiger partial charge on any atom is -0.481 e. The summed E-state index contributed by atoms with van der Waals surface area (Å²) in [4.78, 5) is 11.4. The maximum Gasteiger partial charge on any atom is 0.304 e. The molecule has 0 saturated heterocycles. The van der Waals surface area contributed by atoms with E-state index in [2.05, 4.69) is 12.1 Å². The number of carboxylic acid groups (broad SMARTS) is 1. The number of aryl methyl sites for hydroxylation is 1. The highest BCUT2D eigenvalue weighted by Crippen LogP contribution is 2.41. The molecule has 2 rings (SSSR count). The van der Waals surface area contributed by atoms with Crippen LogP contribution in [0.15, 0.2) is 24.3 Å². The van der Waals surface area contributed by atoms with Crippen LogP contribution in [0.25, 0.3) is 0 Å². The van der Waals surface area contributed by atoms with Crippen LogP contribution in [0.5, 0.6) is 0 Å². The van der Waals surface area contributed by atoms with Gasteiger partial charge in [-0.15, -0.1) is 0 Å². The standard InChI is InChI=1S/C16H23NO2/c1-2-14(17)16(11-15(18)19)10-6-5-8-12-7-3-4-9-13(12)16/h3-4,7,9,14H,2,5-6,8,10-11,17H2,1H3,(H,18,19). The van der Waals surface area contributed by atoms with Crippen molar-refractivity contribution in [3.63, 3.8) is 0 Å². The van der Waals surface area contributed by atoms with Gasteiger partial charge in [0, 0.05) is 11.5 Å². The van der Waals surface area contributed by atoms with Crippen LogP contribution in [0.2, 0.25) is 0 Å². The number of hydrogen-bond acceptors (Lipinski definition) is 2. The second kappa shape index (κ2) is 5.74. The van der Waals surface area contributed by atoms with Crippen LogP contribution >= 0.6 is 0 Å². The molecule has 2 atom stereocenters. The van der Waals surface area contributed by atoms with Gasteiger partial charge in [-0.1, -0.05) is 37.6 Å². The summed E-state index contributed by atoms with van der Waals surface area (Å²) < 4.78 is 0. The molecule has 0 fully saturated rings. The van der Waals surface area contributed by atoms with Crippen molar-refractivity contribution in [3.8, 4) is 0 Å². The second-order valence-electron chi connectivity index (χ2n) is 5.61. The van der Waals surface area contributed by atoms with Gasteiger partial charge < -0.3 is 10.8 Å². The molecule has 0 saturated carbocycles. The third kappa shape index (κ3) is 2.66. The highest BCUT2D eigenvalue weighted by Gasteiger charge is 2.41. The van der Waals surface area contributed by atoms with Crippen LogP contribution in [-0.2, 0) is 16.6 Å². The Bertz CT molecular complexity index is 458. The summed E-state index contributed by atoms with van der Waals surface area (Å²) in [6.07, 6.45) is 5.03. The Labute approximate surface area is 114 Å². The molecule has 19 heavy (non-hydrogen) atoms. The van der Waals surface area contributed by atoms with E-state index in [9.17, 15) is 9.90 Å². The summed E-state index contributed by atoms with van der Waals surface area (Å²) in [5, 5.41) is 9.34. The number of carboxylic acids is 1. The minimum atomic E-state index is -0.749. The average molecular weight is 261 g/mol. The lowest BCUT2D eigenvalue weighted by Gasteiger charge is -2.38. The molecule has 0 bridgehead atoms. The van der Waals surface area contributed by atoms with Crippen LogP contribution in [0, 0.1) is 0 Å². The number of rotatable bonds is 4. The van der Waals surface area contributed by atoms with E-state index in [1.807, 2.05) is 19.1 Å². The molecule has 1 aromatic carbocycles. The van der Waals surface area contributed by atoms with Gasteiger partial charge in [0.25, 0.3) is 0 Å². The van der Waals surface area contributed by atoms with Crippen LogP contribution in [-0.4, -0.2) is 17.1 Å². The zero-order valence-electron chi connectivity index (χ0n) is 11.6. The molecule has 0 radical (unpaired) electrons. The molecule has 3 N–H and O–H groups in total. The summed E-state index contributed by atoms with van der Waals surface area (Å²) in [7, 11) is 0. The Morgan fingerprint density at radius 2 is 2.16 bits per heavy atom. The van der Waals surface area contributed by atoms with Gasteiger partial charge in [0.05, 0.1) is 6.42 Å². The molecule has 1 aliphatic rings. The molecule has 1 aliphatic carbocycles. The normalized spacial score (nSPS) is 24.3. The predicted molar refractivity (Wildman–Crippen MR) is 76.2 cm³/mol. The first kappa shape index (κ1) is 14.1. The number of hydrogen-bond donors (Lipinski definition) is 2. The van der Waals surface area contributed by atoms with Crippen LogP contribution in [0.3, 0.4) is 0 Å². The molecule has 0 aromatic heterocycles. The number of benzene rings is 1. The van der Waals surface area contributed by atoms with E-state index in [-0.39, 0.29) is 12.5 Å². The van der Waals surface area contributed by atoms with E-state index in [1.54, 1.807) is 0 Å².